The average molecular weight is 269 g/mol. The number of nitrogens with zero attached hydrogens (tertiary/aromatic N) is 2. The highest BCUT2D eigenvalue weighted by atomic mass is 32.2. The minimum absolute atomic E-state index is 0.316. The van der Waals surface area contributed by atoms with Crippen LogP contribution >= 0.6 is 0 Å². The van der Waals surface area contributed by atoms with E-state index < -0.39 is 10.8 Å². The van der Waals surface area contributed by atoms with Crippen molar-refractivity contribution < 1.29 is 4.21 Å². The summed E-state index contributed by atoms with van der Waals surface area (Å²) in [5.74, 6) is 1.72. The maximum atomic E-state index is 11.1. The fraction of sp³-hybridized carbons (Fsp3) is 0.769. The Labute approximate surface area is 112 Å². The van der Waals surface area contributed by atoms with Gasteiger partial charge in [-0.3, -0.25) is 4.21 Å². The third kappa shape index (κ3) is 3.57. The Balaban J connectivity index is 1.92. The maximum Gasteiger partial charge on any atom is 0.203 e. The highest BCUT2D eigenvalue weighted by Gasteiger charge is 2.19. The van der Waals surface area contributed by atoms with Crippen molar-refractivity contribution in [1.82, 2.24) is 9.55 Å². The van der Waals surface area contributed by atoms with E-state index in [1.165, 1.54) is 25.7 Å². The van der Waals surface area contributed by atoms with E-state index in [0.717, 1.165) is 18.1 Å². The van der Waals surface area contributed by atoms with Crippen LogP contribution in [0.25, 0.3) is 0 Å². The zero-order valence-corrected chi connectivity index (χ0v) is 12.1. The van der Waals surface area contributed by atoms with Gasteiger partial charge >= 0.3 is 0 Å². The molecule has 0 bridgehead atoms. The fourth-order valence-electron chi connectivity index (χ4n) is 2.54. The number of nitrogens with one attached hydrogen (secondary N) is 1. The lowest BCUT2D eigenvalue weighted by Gasteiger charge is -2.19. The molecular weight excluding hydrogens is 246 g/mol. The van der Waals surface area contributed by atoms with Gasteiger partial charge in [-0.05, 0) is 26.2 Å². The van der Waals surface area contributed by atoms with Gasteiger partial charge in [-0.25, -0.2) is 4.98 Å². The summed E-state index contributed by atoms with van der Waals surface area (Å²) in [4.78, 5) is 4.40. The molecule has 5 heteroatoms. The van der Waals surface area contributed by atoms with E-state index in [1.54, 1.807) is 6.26 Å². The topological polar surface area (TPSA) is 46.9 Å². The molecule has 1 aliphatic carbocycles. The van der Waals surface area contributed by atoms with Crippen LogP contribution in [-0.2, 0) is 10.8 Å². The number of hydrogen-bond donors (Lipinski definition) is 1. The second-order valence-corrected chi connectivity index (χ2v) is 6.76. The lowest BCUT2D eigenvalue weighted by atomic mass is 10.2. The molecule has 2 unspecified atom stereocenters. The molecule has 0 aliphatic heterocycles. The molecule has 0 aromatic carbocycles. The Morgan fingerprint density at radius 3 is 2.94 bits per heavy atom. The highest BCUT2D eigenvalue weighted by Crippen LogP contribution is 2.31. The van der Waals surface area contributed by atoms with Crippen LogP contribution in [0.4, 0.5) is 5.95 Å². The molecular formula is C13H23N3OS. The van der Waals surface area contributed by atoms with Gasteiger partial charge in [0.1, 0.15) is 0 Å². The Kier molecular flexibility index (Phi) is 4.80. The molecule has 1 aliphatic rings. The van der Waals surface area contributed by atoms with Gasteiger partial charge in [-0.1, -0.05) is 12.8 Å². The number of anilines is 1. The van der Waals surface area contributed by atoms with Gasteiger partial charge in [-0.15, -0.1) is 0 Å². The molecule has 2 rings (SSSR count). The Morgan fingerprint density at radius 1 is 1.56 bits per heavy atom. The monoisotopic (exact) mass is 269 g/mol. The standard InChI is InChI=1S/C13H23N3OS/c1-11(7-10-18(2)17)15-13-14-8-9-16(13)12-5-3-4-6-12/h8-9,11-12H,3-7,10H2,1-2H3,(H,14,15). The van der Waals surface area contributed by atoms with Crippen molar-refractivity contribution in [3.63, 3.8) is 0 Å². The lowest BCUT2D eigenvalue weighted by molar-refractivity contribution is 0.520. The van der Waals surface area contributed by atoms with E-state index in [1.807, 2.05) is 6.20 Å². The summed E-state index contributed by atoms with van der Waals surface area (Å²) < 4.78 is 13.4. The summed E-state index contributed by atoms with van der Waals surface area (Å²) >= 11 is 0. The van der Waals surface area contributed by atoms with Crippen LogP contribution in [0, 0.1) is 0 Å². The van der Waals surface area contributed by atoms with Crippen LogP contribution in [0.3, 0.4) is 0 Å². The largest absolute Gasteiger partial charge is 0.353 e. The van der Waals surface area contributed by atoms with Gasteiger partial charge in [-0.2, -0.15) is 0 Å². The molecule has 1 aromatic heterocycles. The summed E-state index contributed by atoms with van der Waals surface area (Å²) in [7, 11) is -0.709. The minimum Gasteiger partial charge on any atom is -0.353 e. The number of hydrogen-bond acceptors (Lipinski definition) is 3. The van der Waals surface area contributed by atoms with Gasteiger partial charge in [0.2, 0.25) is 5.95 Å². The van der Waals surface area contributed by atoms with Crippen LogP contribution in [-0.4, -0.2) is 31.8 Å². The molecule has 1 heterocycles. The molecule has 2 atom stereocenters. The molecule has 0 spiro atoms. The number of rotatable bonds is 6. The van der Waals surface area contributed by atoms with Gasteiger partial charge in [0, 0.05) is 47.3 Å². The van der Waals surface area contributed by atoms with Crippen molar-refractivity contribution in [2.24, 2.45) is 0 Å². The number of imidazole rings is 1. The predicted octanol–water partition coefficient (Wildman–Crippen LogP) is 2.57. The van der Waals surface area contributed by atoms with E-state index in [9.17, 15) is 4.21 Å². The second kappa shape index (κ2) is 6.36. The molecule has 0 saturated heterocycles. The van der Waals surface area contributed by atoms with Gasteiger partial charge < -0.3 is 9.88 Å². The summed E-state index contributed by atoms with van der Waals surface area (Å²) in [6.07, 6.45) is 11.8. The quantitative estimate of drug-likeness (QED) is 0.863. The molecule has 102 valence electrons. The summed E-state index contributed by atoms with van der Waals surface area (Å²) in [6, 6.07) is 0.930. The molecule has 1 aromatic rings. The molecule has 0 amide bonds. The third-order valence-corrected chi connectivity index (χ3v) is 4.41. The lowest BCUT2D eigenvalue weighted by Crippen LogP contribution is -2.21. The van der Waals surface area contributed by atoms with E-state index in [4.69, 9.17) is 0 Å². The molecule has 0 radical (unpaired) electrons. The highest BCUT2D eigenvalue weighted by molar-refractivity contribution is 7.84. The second-order valence-electron chi connectivity index (χ2n) is 5.21. The molecule has 1 N–H and O–H groups in total. The summed E-state index contributed by atoms with van der Waals surface area (Å²) in [6.45, 7) is 2.13. The fourth-order valence-corrected chi connectivity index (χ4v) is 3.22. The van der Waals surface area contributed by atoms with Crippen LogP contribution in [0.15, 0.2) is 12.4 Å². The minimum atomic E-state index is -0.709. The SMILES string of the molecule is CC(CCS(C)=O)Nc1nccn1C1CCCC1. The Morgan fingerprint density at radius 2 is 2.28 bits per heavy atom. The first-order valence-corrected chi connectivity index (χ1v) is 8.49. The van der Waals surface area contributed by atoms with Crippen molar-refractivity contribution >= 4 is 16.7 Å². The predicted molar refractivity (Wildman–Crippen MR) is 76.4 cm³/mol. The molecule has 4 nitrogen and oxygen atoms in total. The zero-order valence-electron chi connectivity index (χ0n) is 11.3. The first-order chi connectivity index (χ1) is 8.66. The van der Waals surface area contributed by atoms with Crippen molar-refractivity contribution in [3.8, 4) is 0 Å². The summed E-state index contributed by atoms with van der Waals surface area (Å²) in [5.41, 5.74) is 0. The van der Waals surface area contributed by atoms with E-state index in [0.29, 0.717) is 12.1 Å². The molecule has 1 saturated carbocycles. The summed E-state index contributed by atoms with van der Waals surface area (Å²) in [5, 5.41) is 3.44. The molecule has 18 heavy (non-hydrogen) atoms. The third-order valence-electron chi connectivity index (χ3n) is 3.60. The smallest absolute Gasteiger partial charge is 0.203 e. The van der Waals surface area contributed by atoms with Crippen molar-refractivity contribution in [3.05, 3.63) is 12.4 Å². The average Bonchev–Trinajstić information content (AvgIpc) is 2.95. The van der Waals surface area contributed by atoms with Crippen LogP contribution < -0.4 is 5.32 Å². The van der Waals surface area contributed by atoms with Gasteiger partial charge in [0.15, 0.2) is 0 Å². The normalized spacial score (nSPS) is 19.9. The van der Waals surface area contributed by atoms with Crippen LogP contribution in [0.5, 0.6) is 0 Å². The van der Waals surface area contributed by atoms with E-state index in [2.05, 4.69) is 28.0 Å². The van der Waals surface area contributed by atoms with Crippen molar-refractivity contribution in [2.75, 3.05) is 17.3 Å². The Hall–Kier alpha value is -0.840. The van der Waals surface area contributed by atoms with E-state index in [-0.39, 0.29) is 0 Å². The maximum absolute atomic E-state index is 11.1. The van der Waals surface area contributed by atoms with Crippen LogP contribution in [0.2, 0.25) is 0 Å². The molecule has 1 fully saturated rings. The zero-order chi connectivity index (χ0) is 13.0. The van der Waals surface area contributed by atoms with Crippen molar-refractivity contribution in [2.45, 2.75) is 51.1 Å². The first-order valence-electron chi connectivity index (χ1n) is 6.76. The first kappa shape index (κ1) is 13.6. The number of aromatic nitrogens is 2. The van der Waals surface area contributed by atoms with Crippen molar-refractivity contribution in [1.29, 1.82) is 0 Å². The van der Waals surface area contributed by atoms with Gasteiger partial charge in [0.25, 0.3) is 0 Å². The van der Waals surface area contributed by atoms with Crippen LogP contribution in [0.1, 0.15) is 45.1 Å². The van der Waals surface area contributed by atoms with E-state index >= 15 is 0 Å². The Bertz CT molecular complexity index is 399. The van der Waals surface area contributed by atoms with Gasteiger partial charge in [0.05, 0.1) is 0 Å².